The van der Waals surface area contributed by atoms with E-state index in [4.69, 9.17) is 0 Å². The highest BCUT2D eigenvalue weighted by Crippen LogP contribution is 2.20. The molecule has 0 rings (SSSR count). The molecule has 0 aromatic carbocycles. The third-order valence-corrected chi connectivity index (χ3v) is 2.99. The molecule has 0 N–H and O–H groups in total. The summed E-state index contributed by atoms with van der Waals surface area (Å²) < 4.78 is 0. The van der Waals surface area contributed by atoms with E-state index in [1.165, 1.54) is 32.6 Å². The van der Waals surface area contributed by atoms with Crippen molar-refractivity contribution in [3.8, 4) is 0 Å². The molecule has 0 aliphatic carbocycles. The molecular weight excluding hydrogens is 150 g/mol. The summed E-state index contributed by atoms with van der Waals surface area (Å²) in [5.74, 6) is 1.85. The molecule has 0 aromatic rings. The highest BCUT2D eigenvalue weighted by molar-refractivity contribution is 7.16. The van der Waals surface area contributed by atoms with Crippen LogP contribution in [-0.4, -0.2) is 13.4 Å². The summed E-state index contributed by atoms with van der Waals surface area (Å²) in [5, 5.41) is 0. The lowest BCUT2D eigenvalue weighted by Crippen LogP contribution is -2.09. The summed E-state index contributed by atoms with van der Waals surface area (Å²) in [5.41, 5.74) is 0. The summed E-state index contributed by atoms with van der Waals surface area (Å²) in [6.45, 7) is 7.05. The standard InChI is InChI=1S/C9H22BP/c1-8(5-4-6-11)9(2)7-10-3/h8-10H,4-7,11H2,1-3H3. The van der Waals surface area contributed by atoms with Crippen molar-refractivity contribution in [1.82, 2.24) is 0 Å². The first-order valence-electron chi connectivity index (χ1n) is 4.92. The van der Waals surface area contributed by atoms with Crippen LogP contribution in [0.15, 0.2) is 0 Å². The highest BCUT2D eigenvalue weighted by Gasteiger charge is 2.09. The van der Waals surface area contributed by atoms with E-state index < -0.39 is 0 Å². The lowest BCUT2D eigenvalue weighted by Gasteiger charge is -2.18. The Balaban J connectivity index is 3.38. The van der Waals surface area contributed by atoms with E-state index in [9.17, 15) is 0 Å². The minimum atomic E-state index is 0.926. The van der Waals surface area contributed by atoms with Gasteiger partial charge in [-0.15, -0.1) is 9.24 Å². The van der Waals surface area contributed by atoms with E-state index in [0.29, 0.717) is 0 Å². The largest absolute Gasteiger partial charge is 0.138 e. The van der Waals surface area contributed by atoms with E-state index in [-0.39, 0.29) is 0 Å². The molecule has 0 amide bonds. The quantitative estimate of drug-likeness (QED) is 0.426. The average molecular weight is 172 g/mol. The summed E-state index contributed by atoms with van der Waals surface area (Å²) >= 11 is 0. The summed E-state index contributed by atoms with van der Waals surface area (Å²) in [4.78, 5) is 0. The van der Waals surface area contributed by atoms with Gasteiger partial charge in [0.2, 0.25) is 0 Å². The van der Waals surface area contributed by atoms with Gasteiger partial charge in [-0.05, 0) is 24.4 Å². The number of hydrogen-bond acceptors (Lipinski definition) is 0. The van der Waals surface area contributed by atoms with E-state index in [1.807, 2.05) is 0 Å². The Kier molecular flexibility index (Phi) is 7.48. The zero-order chi connectivity index (χ0) is 8.69. The monoisotopic (exact) mass is 172 g/mol. The van der Waals surface area contributed by atoms with E-state index in [2.05, 4.69) is 29.9 Å². The predicted octanol–water partition coefficient (Wildman–Crippen LogP) is 2.82. The van der Waals surface area contributed by atoms with Gasteiger partial charge in [0, 0.05) is 0 Å². The van der Waals surface area contributed by atoms with Gasteiger partial charge in [-0.3, -0.25) is 0 Å². The van der Waals surface area contributed by atoms with Crippen LogP contribution in [0.4, 0.5) is 0 Å². The van der Waals surface area contributed by atoms with Crippen molar-refractivity contribution < 1.29 is 0 Å². The molecule has 0 nitrogen and oxygen atoms in total. The summed E-state index contributed by atoms with van der Waals surface area (Å²) in [6.07, 6.45) is 5.45. The SMILES string of the molecule is CBCC(C)C(C)CCCP. The highest BCUT2D eigenvalue weighted by atomic mass is 31.0. The van der Waals surface area contributed by atoms with Crippen molar-refractivity contribution in [2.24, 2.45) is 11.8 Å². The normalized spacial score (nSPS) is 16.0. The molecule has 0 aliphatic rings. The fraction of sp³-hybridized carbons (Fsp3) is 1.00. The van der Waals surface area contributed by atoms with Gasteiger partial charge in [0.1, 0.15) is 7.28 Å². The van der Waals surface area contributed by atoms with Gasteiger partial charge in [-0.25, -0.2) is 0 Å². The maximum Gasteiger partial charge on any atom is 0.117 e. The molecule has 3 unspecified atom stereocenters. The maximum absolute atomic E-state index is 2.80. The molecule has 2 heteroatoms. The van der Waals surface area contributed by atoms with Gasteiger partial charge in [-0.2, -0.15) is 0 Å². The Morgan fingerprint density at radius 2 is 1.91 bits per heavy atom. The molecule has 11 heavy (non-hydrogen) atoms. The molecule has 0 aliphatic heterocycles. The molecule has 0 heterocycles. The van der Waals surface area contributed by atoms with Crippen molar-refractivity contribution in [1.29, 1.82) is 0 Å². The molecule has 66 valence electrons. The fourth-order valence-corrected chi connectivity index (χ4v) is 1.70. The van der Waals surface area contributed by atoms with Crippen molar-refractivity contribution in [2.45, 2.75) is 39.8 Å². The summed E-state index contributed by atoms with van der Waals surface area (Å²) in [6, 6.07) is 0. The molecule has 0 bridgehead atoms. The molecule has 3 atom stereocenters. The third kappa shape index (κ3) is 5.73. The van der Waals surface area contributed by atoms with E-state index >= 15 is 0 Å². The molecular formula is C9H22BP. The van der Waals surface area contributed by atoms with E-state index in [0.717, 1.165) is 11.8 Å². The average Bonchev–Trinajstić information content (AvgIpc) is 2.00. The fourth-order valence-electron chi connectivity index (χ4n) is 1.46. The molecule has 0 radical (unpaired) electrons. The number of hydrogen-bond donors (Lipinski definition) is 0. The van der Waals surface area contributed by atoms with Crippen LogP contribution in [0.5, 0.6) is 0 Å². The van der Waals surface area contributed by atoms with Crippen LogP contribution in [0, 0.1) is 11.8 Å². The van der Waals surface area contributed by atoms with Gasteiger partial charge >= 0.3 is 0 Å². The topological polar surface area (TPSA) is 0 Å². The zero-order valence-electron chi connectivity index (χ0n) is 8.27. The van der Waals surface area contributed by atoms with Crippen LogP contribution in [0.3, 0.4) is 0 Å². The lowest BCUT2D eigenvalue weighted by molar-refractivity contribution is 0.389. The van der Waals surface area contributed by atoms with Gasteiger partial charge in [0.05, 0.1) is 0 Å². The molecule has 0 saturated carbocycles. The first-order valence-corrected chi connectivity index (χ1v) is 5.74. The van der Waals surface area contributed by atoms with Crippen LogP contribution < -0.4 is 0 Å². The van der Waals surface area contributed by atoms with Gasteiger partial charge in [-0.1, -0.05) is 33.4 Å². The lowest BCUT2D eigenvalue weighted by atomic mass is 9.69. The predicted molar refractivity (Wildman–Crippen MR) is 60.0 cm³/mol. The zero-order valence-corrected chi connectivity index (χ0v) is 9.42. The first kappa shape index (κ1) is 11.5. The Hall–Kier alpha value is 0.495. The Morgan fingerprint density at radius 3 is 2.36 bits per heavy atom. The van der Waals surface area contributed by atoms with Crippen LogP contribution in [0.1, 0.15) is 26.7 Å². The van der Waals surface area contributed by atoms with Gasteiger partial charge in [0.15, 0.2) is 0 Å². The molecule has 0 fully saturated rings. The molecule has 0 saturated heterocycles. The Labute approximate surface area is 75.0 Å². The molecule has 0 spiro atoms. The maximum atomic E-state index is 2.80. The van der Waals surface area contributed by atoms with Crippen molar-refractivity contribution in [3.63, 3.8) is 0 Å². The van der Waals surface area contributed by atoms with Crippen LogP contribution >= 0.6 is 9.24 Å². The minimum Gasteiger partial charge on any atom is -0.138 e. The van der Waals surface area contributed by atoms with Gasteiger partial charge < -0.3 is 0 Å². The van der Waals surface area contributed by atoms with Crippen LogP contribution in [-0.2, 0) is 0 Å². The summed E-state index contributed by atoms with van der Waals surface area (Å²) in [7, 11) is 4.14. The molecule has 0 aromatic heterocycles. The van der Waals surface area contributed by atoms with Crippen molar-refractivity contribution in [2.75, 3.05) is 6.16 Å². The van der Waals surface area contributed by atoms with Crippen LogP contribution in [0.25, 0.3) is 0 Å². The Bertz CT molecular complexity index is 85.6. The number of rotatable bonds is 6. The third-order valence-electron chi connectivity index (χ3n) is 2.58. The smallest absolute Gasteiger partial charge is 0.117 e. The second-order valence-corrected chi connectivity index (χ2v) is 4.25. The second kappa shape index (κ2) is 7.16. The van der Waals surface area contributed by atoms with Crippen molar-refractivity contribution >= 4 is 16.5 Å². The van der Waals surface area contributed by atoms with Crippen LogP contribution in [0.2, 0.25) is 13.1 Å². The minimum absolute atomic E-state index is 0.926. The second-order valence-electron chi connectivity index (χ2n) is 3.67. The van der Waals surface area contributed by atoms with E-state index in [1.54, 1.807) is 0 Å². The first-order chi connectivity index (χ1) is 5.22. The van der Waals surface area contributed by atoms with Gasteiger partial charge in [0.25, 0.3) is 0 Å². The van der Waals surface area contributed by atoms with Crippen molar-refractivity contribution in [3.05, 3.63) is 0 Å². The Morgan fingerprint density at radius 1 is 1.27 bits per heavy atom.